The fraction of sp³-hybridized carbons (Fsp3) is 0.375. The fourth-order valence-electron chi connectivity index (χ4n) is 4.27. The molecule has 1 aliphatic heterocycles. The Balaban J connectivity index is 1.78. The van der Waals surface area contributed by atoms with Gasteiger partial charge in [0.2, 0.25) is 0 Å². The van der Waals surface area contributed by atoms with Crippen LogP contribution in [-0.4, -0.2) is 30.0 Å². The first kappa shape index (κ1) is 19.7. The van der Waals surface area contributed by atoms with E-state index < -0.39 is 5.91 Å². The van der Waals surface area contributed by atoms with Gasteiger partial charge in [-0.15, -0.1) is 0 Å². The lowest BCUT2D eigenvalue weighted by Crippen LogP contribution is -2.26. The zero-order chi connectivity index (χ0) is 20.4. The lowest BCUT2D eigenvalue weighted by molar-refractivity contribution is 0.100. The number of nitrogens with one attached hydrogen (secondary N) is 3. The second-order valence-electron chi connectivity index (χ2n) is 8.31. The molecule has 152 valence electrons. The molecule has 2 aromatic carbocycles. The van der Waals surface area contributed by atoms with Crippen molar-refractivity contribution in [3.63, 3.8) is 0 Å². The lowest BCUT2D eigenvalue weighted by atomic mass is 9.88. The lowest BCUT2D eigenvalue weighted by Gasteiger charge is -2.22. The van der Waals surface area contributed by atoms with Crippen molar-refractivity contribution in [3.8, 4) is 11.1 Å². The van der Waals surface area contributed by atoms with E-state index in [9.17, 15) is 4.79 Å². The maximum absolute atomic E-state index is 12.2. The third kappa shape index (κ3) is 4.21. The zero-order valence-electron chi connectivity index (χ0n) is 17.2. The van der Waals surface area contributed by atoms with Gasteiger partial charge in [0.15, 0.2) is 0 Å². The third-order valence-corrected chi connectivity index (χ3v) is 5.84. The second kappa shape index (κ2) is 8.39. The zero-order valence-corrected chi connectivity index (χ0v) is 17.2. The smallest absolute Gasteiger partial charge is 0.250 e. The van der Waals surface area contributed by atoms with E-state index in [4.69, 9.17) is 5.73 Å². The van der Waals surface area contributed by atoms with Gasteiger partial charge in [-0.1, -0.05) is 32.0 Å². The van der Waals surface area contributed by atoms with E-state index in [2.05, 4.69) is 66.0 Å². The maximum Gasteiger partial charge on any atom is 0.250 e. The van der Waals surface area contributed by atoms with Crippen LogP contribution in [0.1, 0.15) is 54.1 Å². The number of H-pyrrole nitrogens is 1. The summed E-state index contributed by atoms with van der Waals surface area (Å²) < 4.78 is 0. The molecule has 2 heterocycles. The molecule has 1 saturated heterocycles. The number of rotatable bonds is 6. The molecule has 0 unspecified atom stereocenters. The summed E-state index contributed by atoms with van der Waals surface area (Å²) in [5, 5.41) is 8.01. The van der Waals surface area contributed by atoms with Crippen molar-refractivity contribution < 1.29 is 4.79 Å². The van der Waals surface area contributed by atoms with E-state index in [1.165, 1.54) is 11.1 Å². The van der Waals surface area contributed by atoms with Crippen molar-refractivity contribution in [1.82, 2.24) is 15.6 Å². The Morgan fingerprint density at radius 3 is 2.69 bits per heavy atom. The Hall–Kier alpha value is -2.63. The molecule has 1 fully saturated rings. The summed E-state index contributed by atoms with van der Waals surface area (Å²) in [6.07, 6.45) is 4.29. The van der Waals surface area contributed by atoms with Crippen molar-refractivity contribution in [2.24, 2.45) is 5.73 Å². The molecule has 0 bridgehead atoms. The molecule has 5 nitrogen and oxygen atoms in total. The Labute approximate surface area is 172 Å². The molecule has 0 atom stereocenters. The topological polar surface area (TPSA) is 82.9 Å². The number of primary amides is 1. The minimum Gasteiger partial charge on any atom is -0.366 e. The summed E-state index contributed by atoms with van der Waals surface area (Å²) >= 11 is 0. The van der Waals surface area contributed by atoms with Gasteiger partial charge in [0.25, 0.3) is 5.91 Å². The van der Waals surface area contributed by atoms with Crippen LogP contribution in [0.5, 0.6) is 0 Å². The Morgan fingerprint density at radius 1 is 1.17 bits per heavy atom. The minimum absolute atomic E-state index is 0.395. The Morgan fingerprint density at radius 2 is 1.97 bits per heavy atom. The van der Waals surface area contributed by atoms with Crippen LogP contribution in [-0.2, 0) is 6.54 Å². The van der Waals surface area contributed by atoms with Crippen LogP contribution in [0.3, 0.4) is 0 Å². The van der Waals surface area contributed by atoms with Gasteiger partial charge in [-0.3, -0.25) is 4.79 Å². The largest absolute Gasteiger partial charge is 0.366 e. The number of fused-ring (bicyclic) bond motifs is 1. The standard InChI is InChI=1S/C24H30N4O/c1-15(2)27-13-16-4-3-5-18(10-16)19-11-20-22(17-6-8-26-9-7-17)14-28-23(20)21(12-19)24(25)29/h3-5,10-12,14-15,17,26-28H,6-9,13H2,1-2H3,(H2,25,29). The molecule has 0 aliphatic carbocycles. The number of carbonyl (C=O) groups is 1. The first-order chi connectivity index (χ1) is 14.0. The third-order valence-electron chi connectivity index (χ3n) is 5.84. The summed E-state index contributed by atoms with van der Waals surface area (Å²) in [7, 11) is 0. The van der Waals surface area contributed by atoms with Crippen molar-refractivity contribution in [3.05, 3.63) is 59.3 Å². The summed E-state index contributed by atoms with van der Waals surface area (Å²) in [5.74, 6) is 0.107. The van der Waals surface area contributed by atoms with Crippen LogP contribution in [0.25, 0.3) is 22.0 Å². The number of hydrogen-bond acceptors (Lipinski definition) is 3. The summed E-state index contributed by atoms with van der Waals surface area (Å²) in [4.78, 5) is 15.5. The van der Waals surface area contributed by atoms with Gasteiger partial charge in [0.1, 0.15) is 0 Å². The average molecular weight is 391 g/mol. The van der Waals surface area contributed by atoms with E-state index in [0.717, 1.165) is 54.5 Å². The minimum atomic E-state index is -0.395. The molecule has 1 aliphatic rings. The number of aromatic amines is 1. The molecule has 0 spiro atoms. The molecule has 0 saturated carbocycles. The number of amides is 1. The van der Waals surface area contributed by atoms with Gasteiger partial charge in [-0.2, -0.15) is 0 Å². The molecule has 5 heteroatoms. The SMILES string of the molecule is CC(C)NCc1cccc(-c2cc(C(N)=O)c3[nH]cc(C4CCNCC4)c3c2)c1. The molecule has 3 aromatic rings. The number of piperidine rings is 1. The summed E-state index contributed by atoms with van der Waals surface area (Å²) in [5.41, 5.74) is 11.8. The van der Waals surface area contributed by atoms with Crippen LogP contribution >= 0.6 is 0 Å². The highest BCUT2D eigenvalue weighted by Gasteiger charge is 2.21. The van der Waals surface area contributed by atoms with Crippen LogP contribution in [0.15, 0.2) is 42.6 Å². The number of benzene rings is 2. The van der Waals surface area contributed by atoms with Crippen molar-refractivity contribution >= 4 is 16.8 Å². The van der Waals surface area contributed by atoms with Crippen LogP contribution in [0.2, 0.25) is 0 Å². The summed E-state index contributed by atoms with van der Waals surface area (Å²) in [6.45, 7) is 7.17. The van der Waals surface area contributed by atoms with Gasteiger partial charge in [0.05, 0.1) is 11.1 Å². The highest BCUT2D eigenvalue weighted by molar-refractivity contribution is 6.07. The number of nitrogens with two attached hydrogens (primary N) is 1. The predicted molar refractivity (Wildman–Crippen MR) is 119 cm³/mol. The van der Waals surface area contributed by atoms with Crippen molar-refractivity contribution in [1.29, 1.82) is 0 Å². The van der Waals surface area contributed by atoms with Crippen LogP contribution in [0, 0.1) is 0 Å². The van der Waals surface area contributed by atoms with E-state index in [0.29, 0.717) is 17.5 Å². The van der Waals surface area contributed by atoms with Crippen LogP contribution < -0.4 is 16.4 Å². The normalized spacial score (nSPS) is 15.3. The quantitative estimate of drug-likeness (QED) is 0.515. The number of aromatic nitrogens is 1. The molecular formula is C24H30N4O. The molecule has 1 aromatic heterocycles. The van der Waals surface area contributed by atoms with E-state index >= 15 is 0 Å². The van der Waals surface area contributed by atoms with Gasteiger partial charge in [0, 0.05) is 24.2 Å². The van der Waals surface area contributed by atoms with Crippen LogP contribution in [0.4, 0.5) is 0 Å². The fourth-order valence-corrected chi connectivity index (χ4v) is 4.27. The molecule has 0 radical (unpaired) electrons. The Bertz CT molecular complexity index is 1010. The second-order valence-corrected chi connectivity index (χ2v) is 8.31. The van der Waals surface area contributed by atoms with Crippen molar-refractivity contribution in [2.75, 3.05) is 13.1 Å². The van der Waals surface area contributed by atoms with Gasteiger partial charge in [-0.05, 0) is 72.3 Å². The maximum atomic E-state index is 12.2. The van der Waals surface area contributed by atoms with E-state index in [1.54, 1.807) is 0 Å². The van der Waals surface area contributed by atoms with E-state index in [1.807, 2.05) is 6.07 Å². The van der Waals surface area contributed by atoms with Crippen molar-refractivity contribution in [2.45, 2.75) is 45.2 Å². The molecular weight excluding hydrogens is 360 g/mol. The number of hydrogen-bond donors (Lipinski definition) is 4. The van der Waals surface area contributed by atoms with Gasteiger partial charge >= 0.3 is 0 Å². The Kier molecular flexibility index (Phi) is 5.69. The molecule has 1 amide bonds. The highest BCUT2D eigenvalue weighted by atomic mass is 16.1. The van der Waals surface area contributed by atoms with Gasteiger partial charge in [-0.25, -0.2) is 0 Å². The number of carbonyl (C=O) groups excluding carboxylic acids is 1. The van der Waals surface area contributed by atoms with E-state index in [-0.39, 0.29) is 0 Å². The first-order valence-electron chi connectivity index (χ1n) is 10.5. The molecule has 29 heavy (non-hydrogen) atoms. The monoisotopic (exact) mass is 390 g/mol. The predicted octanol–water partition coefficient (Wildman–Crippen LogP) is 3.90. The van der Waals surface area contributed by atoms with Gasteiger partial charge < -0.3 is 21.4 Å². The highest BCUT2D eigenvalue weighted by Crippen LogP contribution is 2.35. The first-order valence-corrected chi connectivity index (χ1v) is 10.5. The molecule has 4 rings (SSSR count). The molecule has 5 N–H and O–H groups in total. The summed E-state index contributed by atoms with van der Waals surface area (Å²) in [6, 6.07) is 13.1. The average Bonchev–Trinajstić information content (AvgIpc) is 3.16.